The summed E-state index contributed by atoms with van der Waals surface area (Å²) in [5.74, 6) is -0.0125. The van der Waals surface area contributed by atoms with Gasteiger partial charge in [0.2, 0.25) is 0 Å². The zero-order valence-electron chi connectivity index (χ0n) is 8.13. The fraction of sp³-hybridized carbons (Fsp3) is 0.333. The predicted molar refractivity (Wildman–Crippen MR) is 62.1 cm³/mol. The molecular weight excluding hydrogens is 257 g/mol. The maximum absolute atomic E-state index is 11.7. The average Bonchev–Trinajstić information content (AvgIpc) is 2.15. The van der Waals surface area contributed by atoms with Crippen LogP contribution in [0.1, 0.15) is 12.5 Å². The van der Waals surface area contributed by atoms with Crippen LogP contribution in [0.3, 0.4) is 0 Å². The molecule has 0 aromatic heterocycles. The van der Waals surface area contributed by atoms with Gasteiger partial charge < -0.3 is 5.73 Å². The van der Waals surface area contributed by atoms with Crippen molar-refractivity contribution in [1.29, 1.82) is 0 Å². The van der Waals surface area contributed by atoms with Gasteiger partial charge in [-0.25, -0.2) is 8.42 Å². The molecule has 0 saturated carbocycles. The Balaban J connectivity index is 3.54. The van der Waals surface area contributed by atoms with Crippen molar-refractivity contribution in [2.24, 2.45) is 5.73 Å². The van der Waals surface area contributed by atoms with Crippen LogP contribution in [0, 0.1) is 0 Å². The predicted octanol–water partition coefficient (Wildman–Crippen LogP) is 2.25. The molecule has 0 unspecified atom stereocenters. The molecule has 0 bridgehead atoms. The van der Waals surface area contributed by atoms with Crippen molar-refractivity contribution in [3.05, 3.63) is 27.7 Å². The highest BCUT2D eigenvalue weighted by atomic mass is 35.5. The number of hydrogen-bond donors (Lipinski definition) is 1. The molecule has 3 nitrogen and oxygen atoms in total. The van der Waals surface area contributed by atoms with Gasteiger partial charge in [0.05, 0.1) is 15.7 Å². The van der Waals surface area contributed by atoms with E-state index in [9.17, 15) is 8.42 Å². The first kappa shape index (κ1) is 12.8. The van der Waals surface area contributed by atoms with E-state index in [0.29, 0.717) is 10.6 Å². The summed E-state index contributed by atoms with van der Waals surface area (Å²) >= 11 is 11.6. The molecule has 1 aromatic carbocycles. The van der Waals surface area contributed by atoms with E-state index in [0.717, 1.165) is 0 Å². The second kappa shape index (κ2) is 4.70. The summed E-state index contributed by atoms with van der Waals surface area (Å²) in [6, 6.07) is 2.93. The average molecular weight is 268 g/mol. The van der Waals surface area contributed by atoms with Gasteiger partial charge in [-0.3, -0.25) is 0 Å². The van der Waals surface area contributed by atoms with E-state index in [2.05, 4.69) is 0 Å². The molecule has 1 rings (SSSR count). The van der Waals surface area contributed by atoms with E-state index >= 15 is 0 Å². The Morgan fingerprint density at radius 3 is 2.40 bits per heavy atom. The van der Waals surface area contributed by atoms with Gasteiger partial charge in [-0.15, -0.1) is 0 Å². The lowest BCUT2D eigenvalue weighted by molar-refractivity contribution is 0.596. The zero-order chi connectivity index (χ0) is 11.6. The fourth-order valence-electron chi connectivity index (χ4n) is 1.26. The first-order valence-corrected chi connectivity index (χ1v) is 6.74. The number of benzene rings is 1. The van der Waals surface area contributed by atoms with Crippen LogP contribution in [0.5, 0.6) is 0 Å². The molecule has 0 aliphatic carbocycles. The first-order valence-electron chi connectivity index (χ1n) is 4.33. The molecule has 15 heavy (non-hydrogen) atoms. The lowest BCUT2D eigenvalue weighted by Gasteiger charge is -2.10. The van der Waals surface area contributed by atoms with Gasteiger partial charge in [0.1, 0.15) is 0 Å². The fourth-order valence-corrected chi connectivity index (χ4v) is 3.33. The van der Waals surface area contributed by atoms with Crippen molar-refractivity contribution in [1.82, 2.24) is 0 Å². The lowest BCUT2D eigenvalue weighted by Crippen LogP contribution is -2.10. The molecule has 0 heterocycles. The van der Waals surface area contributed by atoms with Crippen LogP contribution >= 0.6 is 23.2 Å². The van der Waals surface area contributed by atoms with Crippen molar-refractivity contribution in [2.75, 3.05) is 5.75 Å². The van der Waals surface area contributed by atoms with E-state index in [4.69, 9.17) is 28.9 Å². The zero-order valence-corrected chi connectivity index (χ0v) is 10.5. The lowest BCUT2D eigenvalue weighted by atomic mass is 10.2. The minimum atomic E-state index is -3.36. The van der Waals surface area contributed by atoms with Crippen molar-refractivity contribution in [2.45, 2.75) is 18.4 Å². The molecule has 0 spiro atoms. The van der Waals surface area contributed by atoms with Crippen LogP contribution < -0.4 is 5.73 Å². The molecule has 6 heteroatoms. The van der Waals surface area contributed by atoms with E-state index in [1.165, 1.54) is 12.1 Å². The van der Waals surface area contributed by atoms with Crippen molar-refractivity contribution >= 4 is 33.0 Å². The first-order chi connectivity index (χ1) is 6.92. The van der Waals surface area contributed by atoms with Crippen LogP contribution in [0.15, 0.2) is 17.0 Å². The van der Waals surface area contributed by atoms with Crippen LogP contribution in [0.4, 0.5) is 0 Å². The van der Waals surface area contributed by atoms with Crippen molar-refractivity contribution in [3.8, 4) is 0 Å². The number of rotatable bonds is 3. The SMILES string of the molecule is CCS(=O)(=O)c1c(Cl)cc(Cl)cc1CN. The van der Waals surface area contributed by atoms with Crippen molar-refractivity contribution < 1.29 is 8.42 Å². The van der Waals surface area contributed by atoms with E-state index in [1.807, 2.05) is 0 Å². The third-order valence-corrected chi connectivity index (χ3v) is 4.49. The molecule has 2 N–H and O–H groups in total. The second-order valence-electron chi connectivity index (χ2n) is 2.98. The van der Waals surface area contributed by atoms with Crippen molar-refractivity contribution in [3.63, 3.8) is 0 Å². The summed E-state index contributed by atoms with van der Waals surface area (Å²) < 4.78 is 23.5. The third-order valence-electron chi connectivity index (χ3n) is 2.00. The van der Waals surface area contributed by atoms with Crippen LogP contribution in [-0.4, -0.2) is 14.2 Å². The van der Waals surface area contributed by atoms with Gasteiger partial charge in [-0.1, -0.05) is 30.1 Å². The largest absolute Gasteiger partial charge is 0.326 e. The van der Waals surface area contributed by atoms with Crippen LogP contribution in [-0.2, 0) is 16.4 Å². The standard InChI is InChI=1S/C9H11Cl2NO2S/c1-2-15(13,14)9-6(5-12)3-7(10)4-8(9)11/h3-4H,2,5,12H2,1H3. The van der Waals surface area contributed by atoms with E-state index in [1.54, 1.807) is 6.92 Å². The summed E-state index contributed by atoms with van der Waals surface area (Å²) in [5.41, 5.74) is 5.91. The minimum absolute atomic E-state index is 0.0125. The van der Waals surface area contributed by atoms with Crippen LogP contribution in [0.2, 0.25) is 10.0 Å². The minimum Gasteiger partial charge on any atom is -0.326 e. The molecule has 1 aromatic rings. The summed E-state index contributed by atoms with van der Waals surface area (Å²) in [6.07, 6.45) is 0. The Kier molecular flexibility index (Phi) is 4.00. The van der Waals surface area contributed by atoms with Crippen LogP contribution in [0.25, 0.3) is 0 Å². The monoisotopic (exact) mass is 267 g/mol. The highest BCUT2D eigenvalue weighted by Crippen LogP contribution is 2.29. The Morgan fingerprint density at radius 1 is 1.33 bits per heavy atom. The molecule has 0 aliphatic heterocycles. The Hall–Kier alpha value is -0.290. The summed E-state index contributed by atoms with van der Waals surface area (Å²) in [6.45, 7) is 1.65. The molecule has 0 saturated heterocycles. The molecule has 0 atom stereocenters. The summed E-state index contributed by atoms with van der Waals surface area (Å²) in [5, 5.41) is 0.514. The molecule has 0 aliphatic rings. The number of nitrogens with two attached hydrogens (primary N) is 1. The number of sulfone groups is 1. The Bertz CT molecular complexity index is 471. The molecule has 0 fully saturated rings. The Morgan fingerprint density at radius 2 is 1.93 bits per heavy atom. The van der Waals surface area contributed by atoms with Gasteiger partial charge in [0, 0.05) is 11.6 Å². The topological polar surface area (TPSA) is 60.2 Å². The molecular formula is C9H11Cl2NO2S. The maximum Gasteiger partial charge on any atom is 0.179 e. The van der Waals surface area contributed by atoms with Gasteiger partial charge in [0.25, 0.3) is 0 Å². The maximum atomic E-state index is 11.7. The molecule has 84 valence electrons. The smallest absolute Gasteiger partial charge is 0.179 e. The normalized spacial score (nSPS) is 11.7. The third kappa shape index (κ3) is 2.64. The van der Waals surface area contributed by atoms with E-state index < -0.39 is 9.84 Å². The second-order valence-corrected chi connectivity index (χ2v) is 6.04. The number of halogens is 2. The Labute approximate surface area is 99.1 Å². The highest BCUT2D eigenvalue weighted by molar-refractivity contribution is 7.91. The molecule has 0 radical (unpaired) electrons. The molecule has 0 amide bonds. The summed E-state index contributed by atoms with van der Waals surface area (Å²) in [7, 11) is -3.36. The highest BCUT2D eigenvalue weighted by Gasteiger charge is 2.20. The summed E-state index contributed by atoms with van der Waals surface area (Å²) in [4.78, 5) is 0.0959. The van der Waals surface area contributed by atoms with Gasteiger partial charge in [0.15, 0.2) is 9.84 Å². The number of hydrogen-bond acceptors (Lipinski definition) is 3. The van der Waals surface area contributed by atoms with E-state index in [-0.39, 0.29) is 22.2 Å². The quantitative estimate of drug-likeness (QED) is 0.914. The van der Waals surface area contributed by atoms with Gasteiger partial charge in [-0.05, 0) is 17.7 Å². The van der Waals surface area contributed by atoms with Gasteiger partial charge in [-0.2, -0.15) is 0 Å². The van der Waals surface area contributed by atoms with Gasteiger partial charge >= 0.3 is 0 Å².